The molecule has 28 heavy (non-hydrogen) atoms. The monoisotopic (exact) mass is 376 g/mol. The summed E-state index contributed by atoms with van der Waals surface area (Å²) in [5.74, 6) is -0.324. The second kappa shape index (κ2) is 7.80. The molecule has 0 saturated heterocycles. The molecule has 5 heteroatoms. The van der Waals surface area contributed by atoms with Gasteiger partial charge in [-0.25, -0.2) is 4.79 Å². The molecule has 0 spiro atoms. The highest BCUT2D eigenvalue weighted by molar-refractivity contribution is 5.92. The lowest BCUT2D eigenvalue weighted by atomic mass is 10.1. The Balaban J connectivity index is 1.90. The highest BCUT2D eigenvalue weighted by Crippen LogP contribution is 2.26. The van der Waals surface area contributed by atoms with Gasteiger partial charge < -0.3 is 9.30 Å². The van der Waals surface area contributed by atoms with Gasteiger partial charge in [0.2, 0.25) is 0 Å². The Bertz CT molecular complexity index is 1040. The number of rotatable bonds is 5. The summed E-state index contributed by atoms with van der Waals surface area (Å²) in [7, 11) is 0. The smallest absolute Gasteiger partial charge is 0.338 e. The van der Waals surface area contributed by atoms with Crippen LogP contribution in [0.3, 0.4) is 0 Å². The minimum absolute atomic E-state index is 0.324. The van der Waals surface area contributed by atoms with E-state index in [4.69, 9.17) is 4.74 Å². The second-order valence-corrected chi connectivity index (χ2v) is 7.80. The van der Waals surface area contributed by atoms with Crippen LogP contribution in [0, 0.1) is 11.8 Å². The molecule has 0 fully saturated rings. The van der Waals surface area contributed by atoms with Crippen molar-refractivity contribution >= 4 is 22.9 Å². The highest BCUT2D eigenvalue weighted by atomic mass is 16.6. The van der Waals surface area contributed by atoms with Gasteiger partial charge in [0.05, 0.1) is 17.3 Å². The van der Waals surface area contributed by atoms with Crippen molar-refractivity contribution in [2.24, 2.45) is 5.18 Å². The van der Waals surface area contributed by atoms with Gasteiger partial charge in [0.1, 0.15) is 5.60 Å². The molecule has 0 amide bonds. The first-order valence-corrected chi connectivity index (χ1v) is 9.18. The van der Waals surface area contributed by atoms with Gasteiger partial charge >= 0.3 is 5.97 Å². The van der Waals surface area contributed by atoms with Gasteiger partial charge in [-0.15, -0.1) is 4.91 Å². The summed E-state index contributed by atoms with van der Waals surface area (Å²) in [6, 6.07) is 13.6. The fourth-order valence-corrected chi connectivity index (χ4v) is 3.22. The molecule has 0 aliphatic rings. The van der Waals surface area contributed by atoms with Crippen molar-refractivity contribution in [1.82, 2.24) is 4.57 Å². The normalized spacial score (nSPS) is 11.9. The van der Waals surface area contributed by atoms with Crippen molar-refractivity contribution in [1.29, 1.82) is 0 Å². The van der Waals surface area contributed by atoms with Crippen molar-refractivity contribution in [3.05, 3.63) is 82.0 Å². The number of carbonyl (C=O) groups excluding carboxylic acids is 1. The van der Waals surface area contributed by atoms with E-state index in [2.05, 4.69) is 22.7 Å². The molecule has 0 bridgehead atoms. The zero-order valence-corrected chi connectivity index (χ0v) is 16.6. The van der Waals surface area contributed by atoms with Crippen LogP contribution >= 0.6 is 0 Å². The maximum atomic E-state index is 12.2. The average Bonchev–Trinajstić information content (AvgIpc) is 2.98. The van der Waals surface area contributed by atoms with Crippen LogP contribution in [0.15, 0.2) is 60.0 Å². The number of carbonyl (C=O) groups is 1. The van der Waals surface area contributed by atoms with E-state index in [1.54, 1.807) is 18.2 Å². The lowest BCUT2D eigenvalue weighted by molar-refractivity contribution is 0.00695. The molecule has 0 saturated carbocycles. The number of nitrogens with zero attached hydrogens (tertiary/aromatic N) is 2. The standard InChI is InChI=1S/C23H24N2O3/c1-16-6-5-7-20-19(12-13-24-27)15-25(21(16)20)14-17-8-10-18(11-9-17)22(26)28-23(2,3)4/h5-13,15H,14H2,1-4H3/b13-12+. The lowest BCUT2D eigenvalue weighted by Crippen LogP contribution is -2.23. The first-order valence-electron chi connectivity index (χ1n) is 9.18. The lowest BCUT2D eigenvalue weighted by Gasteiger charge is -2.19. The molecule has 1 heterocycles. The van der Waals surface area contributed by atoms with E-state index >= 15 is 0 Å². The summed E-state index contributed by atoms with van der Waals surface area (Å²) in [5, 5.41) is 3.90. The Hall–Kier alpha value is -3.21. The van der Waals surface area contributed by atoms with Crippen LogP contribution < -0.4 is 0 Å². The van der Waals surface area contributed by atoms with Crippen LogP contribution in [-0.2, 0) is 11.3 Å². The van der Waals surface area contributed by atoms with Crippen molar-refractivity contribution in [3.63, 3.8) is 0 Å². The van der Waals surface area contributed by atoms with E-state index in [9.17, 15) is 9.70 Å². The molecule has 0 atom stereocenters. The van der Waals surface area contributed by atoms with Crippen molar-refractivity contribution < 1.29 is 9.53 Å². The number of aromatic nitrogens is 1. The summed E-state index contributed by atoms with van der Waals surface area (Å²) >= 11 is 0. The number of ether oxygens (including phenoxy) is 1. The van der Waals surface area contributed by atoms with Gasteiger partial charge in [-0.1, -0.05) is 30.3 Å². The molecular weight excluding hydrogens is 352 g/mol. The quantitative estimate of drug-likeness (QED) is 0.424. The third-order valence-corrected chi connectivity index (χ3v) is 4.39. The Kier molecular flexibility index (Phi) is 5.45. The van der Waals surface area contributed by atoms with E-state index in [0.29, 0.717) is 12.1 Å². The molecule has 0 radical (unpaired) electrons. The van der Waals surface area contributed by atoms with Gasteiger partial charge in [-0.2, -0.15) is 0 Å². The van der Waals surface area contributed by atoms with Crippen molar-refractivity contribution in [3.8, 4) is 0 Å². The van der Waals surface area contributed by atoms with Crippen LogP contribution in [-0.4, -0.2) is 16.1 Å². The summed E-state index contributed by atoms with van der Waals surface area (Å²) in [4.78, 5) is 22.7. The molecule has 0 N–H and O–H groups in total. The van der Waals surface area contributed by atoms with Crippen molar-refractivity contribution in [2.75, 3.05) is 0 Å². The Labute approximate surface area is 164 Å². The van der Waals surface area contributed by atoms with Crippen LogP contribution in [0.4, 0.5) is 0 Å². The number of para-hydroxylation sites is 1. The first kappa shape index (κ1) is 19.5. The third-order valence-electron chi connectivity index (χ3n) is 4.39. The number of benzene rings is 2. The minimum Gasteiger partial charge on any atom is -0.456 e. The highest BCUT2D eigenvalue weighted by Gasteiger charge is 2.17. The van der Waals surface area contributed by atoms with Gasteiger partial charge in [-0.3, -0.25) is 0 Å². The molecule has 144 valence electrons. The Morgan fingerprint density at radius 2 is 1.86 bits per heavy atom. The topological polar surface area (TPSA) is 60.7 Å². The summed E-state index contributed by atoms with van der Waals surface area (Å²) in [5.41, 5.74) is 4.30. The molecule has 1 aromatic heterocycles. The number of nitroso groups, excluding NO2 is 1. The van der Waals surface area contributed by atoms with Crippen molar-refractivity contribution in [2.45, 2.75) is 39.8 Å². The third kappa shape index (κ3) is 4.36. The van der Waals surface area contributed by atoms with Crippen LogP contribution in [0.1, 0.15) is 47.8 Å². The molecule has 5 nitrogen and oxygen atoms in total. The predicted octanol–water partition coefficient (Wildman–Crippen LogP) is 5.69. The summed E-state index contributed by atoms with van der Waals surface area (Å²) in [6.07, 6.45) is 5.00. The van der Waals surface area contributed by atoms with E-state index in [1.807, 2.05) is 51.2 Å². The van der Waals surface area contributed by atoms with Crippen LogP contribution in [0.25, 0.3) is 17.0 Å². The predicted molar refractivity (Wildman–Crippen MR) is 112 cm³/mol. The number of hydrogen-bond donors (Lipinski definition) is 0. The fourth-order valence-electron chi connectivity index (χ4n) is 3.22. The average molecular weight is 376 g/mol. The molecule has 3 rings (SSSR count). The van der Waals surface area contributed by atoms with Crippen LogP contribution in [0.5, 0.6) is 0 Å². The maximum absolute atomic E-state index is 12.2. The molecule has 0 aliphatic heterocycles. The second-order valence-electron chi connectivity index (χ2n) is 7.80. The maximum Gasteiger partial charge on any atom is 0.338 e. The van der Waals surface area contributed by atoms with Gasteiger partial charge in [0, 0.05) is 23.7 Å². The molecule has 2 aromatic carbocycles. The Morgan fingerprint density at radius 3 is 2.50 bits per heavy atom. The minimum atomic E-state index is -0.516. The number of hydrogen-bond acceptors (Lipinski definition) is 4. The van der Waals surface area contributed by atoms with Gasteiger partial charge in [0.25, 0.3) is 0 Å². The Morgan fingerprint density at radius 1 is 1.14 bits per heavy atom. The number of aryl methyl sites for hydroxylation is 1. The van der Waals surface area contributed by atoms with Gasteiger partial charge in [-0.05, 0) is 62.2 Å². The molecule has 0 unspecified atom stereocenters. The zero-order chi connectivity index (χ0) is 20.3. The van der Waals surface area contributed by atoms with E-state index in [1.165, 1.54) is 6.20 Å². The van der Waals surface area contributed by atoms with E-state index in [-0.39, 0.29) is 5.97 Å². The van der Waals surface area contributed by atoms with E-state index < -0.39 is 5.60 Å². The SMILES string of the molecule is Cc1cccc2c(/C=C/N=O)cn(Cc3ccc(C(=O)OC(C)(C)C)cc3)c12. The first-order chi connectivity index (χ1) is 13.3. The largest absolute Gasteiger partial charge is 0.456 e. The molecular formula is C23H24N2O3. The fraction of sp³-hybridized carbons (Fsp3) is 0.261. The zero-order valence-electron chi connectivity index (χ0n) is 16.6. The molecule has 0 aliphatic carbocycles. The number of esters is 1. The van der Waals surface area contributed by atoms with Crippen LogP contribution in [0.2, 0.25) is 0 Å². The summed E-state index contributed by atoms with van der Waals surface area (Å²) in [6.45, 7) is 8.27. The van der Waals surface area contributed by atoms with E-state index in [0.717, 1.165) is 27.6 Å². The molecule has 3 aromatic rings. The van der Waals surface area contributed by atoms with Gasteiger partial charge in [0.15, 0.2) is 0 Å². The number of fused-ring (bicyclic) bond motifs is 1. The summed E-state index contributed by atoms with van der Waals surface area (Å²) < 4.78 is 7.56.